The number of carbonyl (C=O) groups excluding carboxylic acids is 1. The van der Waals surface area contributed by atoms with Gasteiger partial charge in [0.05, 0.1) is 19.2 Å². The third kappa shape index (κ3) is 6.33. The van der Waals surface area contributed by atoms with Gasteiger partial charge in [0.25, 0.3) is 0 Å². The molecule has 1 aliphatic rings. The predicted octanol–water partition coefficient (Wildman–Crippen LogP) is 0.584. The molecule has 0 aliphatic carbocycles. The molecule has 2 amide bonds. The molecule has 1 saturated heterocycles. The van der Waals surface area contributed by atoms with Crippen molar-refractivity contribution in [2.75, 3.05) is 43.5 Å². The number of nitrogens with zero attached hydrogens (tertiary/aromatic N) is 5. The van der Waals surface area contributed by atoms with Crippen molar-refractivity contribution in [2.45, 2.75) is 50.5 Å². The SMILES string of the molecule is CC(C)(C)c1ccc(NC(=O)NCCCN(CC2OCC(O)(n3cnc4c(N)ncnc43)C2O)S(C)(=O)=O)cc1. The number of ether oxygens (including phenoxy) is 1. The van der Waals surface area contributed by atoms with Crippen LogP contribution in [0.4, 0.5) is 16.3 Å². The van der Waals surface area contributed by atoms with Gasteiger partial charge >= 0.3 is 6.03 Å². The molecule has 0 spiro atoms. The Morgan fingerprint density at radius 2 is 1.95 bits per heavy atom. The minimum atomic E-state index is -3.70. The predicted molar refractivity (Wildman–Crippen MR) is 149 cm³/mol. The molecule has 40 heavy (non-hydrogen) atoms. The molecule has 6 N–H and O–H groups in total. The van der Waals surface area contributed by atoms with Crippen molar-refractivity contribution >= 4 is 38.7 Å². The summed E-state index contributed by atoms with van der Waals surface area (Å²) >= 11 is 0. The molecule has 1 aromatic carbocycles. The summed E-state index contributed by atoms with van der Waals surface area (Å²) in [6.07, 6.45) is 1.29. The molecule has 0 saturated carbocycles. The minimum absolute atomic E-state index is 0.00185. The van der Waals surface area contributed by atoms with Gasteiger partial charge in [-0.15, -0.1) is 0 Å². The second kappa shape index (κ2) is 11.2. The molecular weight excluding hydrogens is 540 g/mol. The maximum Gasteiger partial charge on any atom is 0.319 e. The molecule has 0 radical (unpaired) electrons. The number of nitrogen functional groups attached to an aromatic ring is 1. The number of benzene rings is 1. The zero-order valence-electron chi connectivity index (χ0n) is 22.9. The van der Waals surface area contributed by atoms with E-state index in [9.17, 15) is 23.4 Å². The van der Waals surface area contributed by atoms with Gasteiger partial charge in [0, 0.05) is 25.3 Å². The summed E-state index contributed by atoms with van der Waals surface area (Å²) in [5, 5.41) is 27.7. The number of fused-ring (bicyclic) bond motifs is 1. The number of anilines is 2. The number of nitrogens with two attached hydrogens (primary N) is 1. The first-order valence-electron chi connectivity index (χ1n) is 12.8. The third-order valence-electron chi connectivity index (χ3n) is 6.85. The number of aliphatic hydroxyl groups is 2. The van der Waals surface area contributed by atoms with E-state index in [1.807, 2.05) is 24.3 Å². The number of aromatic nitrogens is 4. The highest BCUT2D eigenvalue weighted by molar-refractivity contribution is 7.88. The van der Waals surface area contributed by atoms with Crippen LogP contribution in [0.15, 0.2) is 36.9 Å². The second-order valence-electron chi connectivity index (χ2n) is 10.9. The molecule has 1 aliphatic heterocycles. The Bertz CT molecular complexity index is 1460. The van der Waals surface area contributed by atoms with Crippen molar-refractivity contribution in [1.29, 1.82) is 0 Å². The quantitative estimate of drug-likeness (QED) is 0.225. The van der Waals surface area contributed by atoms with Crippen LogP contribution >= 0.6 is 0 Å². The van der Waals surface area contributed by atoms with Gasteiger partial charge in [-0.05, 0) is 29.5 Å². The van der Waals surface area contributed by atoms with Crippen LogP contribution in [0.2, 0.25) is 0 Å². The summed E-state index contributed by atoms with van der Waals surface area (Å²) in [5.74, 6) is 0.112. The van der Waals surface area contributed by atoms with E-state index in [1.165, 1.54) is 17.2 Å². The largest absolute Gasteiger partial charge is 0.385 e. The van der Waals surface area contributed by atoms with Gasteiger partial charge < -0.3 is 31.3 Å². The average Bonchev–Trinajstić information content (AvgIpc) is 3.43. The number of aliphatic hydroxyl groups excluding tert-OH is 1. The fourth-order valence-corrected chi connectivity index (χ4v) is 5.36. The minimum Gasteiger partial charge on any atom is -0.385 e. The lowest BCUT2D eigenvalue weighted by atomic mass is 9.87. The first kappa shape index (κ1) is 29.6. The van der Waals surface area contributed by atoms with Gasteiger partial charge in [-0.2, -0.15) is 4.31 Å². The summed E-state index contributed by atoms with van der Waals surface area (Å²) in [7, 11) is -3.70. The van der Waals surface area contributed by atoms with E-state index in [4.69, 9.17) is 10.5 Å². The van der Waals surface area contributed by atoms with Crippen LogP contribution in [0.5, 0.6) is 0 Å². The molecular formula is C25H36N8O6S. The van der Waals surface area contributed by atoms with Crippen molar-refractivity contribution < 1.29 is 28.2 Å². The van der Waals surface area contributed by atoms with Gasteiger partial charge in [0.15, 0.2) is 17.2 Å². The van der Waals surface area contributed by atoms with Crippen LogP contribution in [0.3, 0.4) is 0 Å². The zero-order chi connectivity index (χ0) is 29.3. The summed E-state index contributed by atoms with van der Waals surface area (Å²) in [6.45, 7) is 6.04. The summed E-state index contributed by atoms with van der Waals surface area (Å²) in [6, 6.07) is 7.16. The number of amides is 2. The Kier molecular flexibility index (Phi) is 8.33. The van der Waals surface area contributed by atoms with E-state index in [1.54, 1.807) is 0 Å². The zero-order valence-corrected chi connectivity index (χ0v) is 23.7. The molecule has 4 rings (SSSR count). The molecule has 3 aromatic rings. The molecule has 1 fully saturated rings. The Labute approximate surface area is 232 Å². The first-order valence-corrected chi connectivity index (χ1v) is 14.6. The van der Waals surface area contributed by atoms with Gasteiger partial charge in [-0.3, -0.25) is 4.57 Å². The van der Waals surface area contributed by atoms with E-state index in [2.05, 4.69) is 46.4 Å². The van der Waals surface area contributed by atoms with Crippen molar-refractivity contribution in [1.82, 2.24) is 29.1 Å². The standard InChI is InChI=1S/C25H36N8O6S/c1-24(2,3)16-6-8-17(9-7-16)31-23(35)27-10-5-11-32(40(4,37)38)12-18-20(34)25(36,13-39-18)33-15-30-19-21(26)28-14-29-22(19)33/h6-9,14-15,18,20,34,36H,5,10-13H2,1-4H3,(H2,26,28,29)(H2,27,31,35). The smallest absolute Gasteiger partial charge is 0.319 e. The van der Waals surface area contributed by atoms with E-state index in [0.29, 0.717) is 12.1 Å². The molecule has 14 nitrogen and oxygen atoms in total. The molecule has 2 aromatic heterocycles. The highest BCUT2D eigenvalue weighted by Crippen LogP contribution is 2.33. The Morgan fingerprint density at radius 3 is 2.60 bits per heavy atom. The summed E-state index contributed by atoms with van der Waals surface area (Å²) < 4.78 is 33.0. The third-order valence-corrected chi connectivity index (χ3v) is 8.12. The number of rotatable bonds is 9. The lowest BCUT2D eigenvalue weighted by Crippen LogP contribution is -2.49. The number of urea groups is 1. The van der Waals surface area contributed by atoms with Crippen LogP contribution in [0.25, 0.3) is 11.2 Å². The Hall–Kier alpha value is -3.37. The number of sulfonamides is 1. The van der Waals surface area contributed by atoms with Crippen molar-refractivity contribution in [3.63, 3.8) is 0 Å². The number of nitrogens with one attached hydrogen (secondary N) is 2. The van der Waals surface area contributed by atoms with Gasteiger partial charge in [0.2, 0.25) is 10.0 Å². The van der Waals surface area contributed by atoms with E-state index >= 15 is 0 Å². The van der Waals surface area contributed by atoms with Crippen LogP contribution in [-0.2, 0) is 25.9 Å². The molecule has 0 bridgehead atoms. The summed E-state index contributed by atoms with van der Waals surface area (Å²) in [4.78, 5) is 24.4. The molecule has 3 atom stereocenters. The van der Waals surface area contributed by atoms with Crippen LogP contribution in [-0.4, -0.2) is 93.2 Å². The molecule has 3 heterocycles. The van der Waals surface area contributed by atoms with Crippen LogP contribution in [0, 0.1) is 0 Å². The van der Waals surface area contributed by atoms with Crippen molar-refractivity contribution in [3.05, 3.63) is 42.5 Å². The summed E-state index contributed by atoms with van der Waals surface area (Å²) in [5.41, 5.74) is 6.11. The normalized spacial score (nSPS) is 21.7. The van der Waals surface area contributed by atoms with Gasteiger partial charge in [-0.25, -0.2) is 28.2 Å². The molecule has 15 heteroatoms. The van der Waals surface area contributed by atoms with Crippen molar-refractivity contribution in [2.24, 2.45) is 0 Å². The fourth-order valence-electron chi connectivity index (χ4n) is 4.48. The Balaban J connectivity index is 1.32. The monoisotopic (exact) mass is 576 g/mol. The van der Waals surface area contributed by atoms with E-state index < -0.39 is 34.0 Å². The van der Waals surface area contributed by atoms with Crippen LogP contribution < -0.4 is 16.4 Å². The lowest BCUT2D eigenvalue weighted by Gasteiger charge is -2.29. The van der Waals surface area contributed by atoms with Crippen molar-refractivity contribution in [3.8, 4) is 0 Å². The molecule has 3 unspecified atom stereocenters. The average molecular weight is 577 g/mol. The van der Waals surface area contributed by atoms with Gasteiger partial charge in [-0.1, -0.05) is 32.9 Å². The Morgan fingerprint density at radius 1 is 1.25 bits per heavy atom. The van der Waals surface area contributed by atoms with Gasteiger partial charge in [0.1, 0.15) is 24.1 Å². The highest BCUT2D eigenvalue weighted by Gasteiger charge is 2.51. The fraction of sp³-hybridized carbons (Fsp3) is 0.520. The number of hydrogen-bond acceptors (Lipinski definition) is 10. The maximum absolute atomic E-state index is 12.5. The lowest BCUT2D eigenvalue weighted by molar-refractivity contribution is -0.108. The topological polar surface area (TPSA) is 198 Å². The molecule has 218 valence electrons. The second-order valence-corrected chi connectivity index (χ2v) is 12.9. The number of imidazole rings is 1. The highest BCUT2D eigenvalue weighted by atomic mass is 32.2. The number of carbonyl (C=O) groups is 1. The first-order chi connectivity index (χ1) is 18.7. The van der Waals surface area contributed by atoms with Crippen LogP contribution in [0.1, 0.15) is 32.8 Å². The number of hydrogen-bond donors (Lipinski definition) is 5. The maximum atomic E-state index is 12.5. The van der Waals surface area contributed by atoms with E-state index in [-0.39, 0.29) is 48.6 Å². The van der Waals surface area contributed by atoms with E-state index in [0.717, 1.165) is 16.1 Å².